The van der Waals surface area contributed by atoms with Crippen molar-refractivity contribution in [3.63, 3.8) is 0 Å². The molecule has 1 heterocycles. The monoisotopic (exact) mass is 414 g/mol. The SMILES string of the molecule is COc1ccccc1Cn1cc(C(=O)NCc2ccc(OC)c(OC)c2)sc1=O. The summed E-state index contributed by atoms with van der Waals surface area (Å²) in [6.07, 6.45) is 1.57. The fourth-order valence-corrected chi connectivity index (χ4v) is 3.63. The summed E-state index contributed by atoms with van der Waals surface area (Å²) in [5.41, 5.74) is 1.73. The second-order valence-corrected chi connectivity index (χ2v) is 7.17. The number of rotatable bonds is 8. The molecule has 8 heteroatoms. The Morgan fingerprint density at radius 1 is 1.00 bits per heavy atom. The zero-order valence-electron chi connectivity index (χ0n) is 16.4. The fourth-order valence-electron chi connectivity index (χ4n) is 2.87. The van der Waals surface area contributed by atoms with Crippen LogP contribution in [-0.2, 0) is 13.1 Å². The molecule has 1 aromatic heterocycles. The van der Waals surface area contributed by atoms with Crippen LogP contribution < -0.4 is 24.4 Å². The van der Waals surface area contributed by atoms with E-state index in [1.54, 1.807) is 39.7 Å². The van der Waals surface area contributed by atoms with Gasteiger partial charge in [0.05, 0.1) is 27.9 Å². The second kappa shape index (κ2) is 9.29. The van der Waals surface area contributed by atoms with E-state index in [9.17, 15) is 9.59 Å². The van der Waals surface area contributed by atoms with Crippen molar-refractivity contribution in [3.05, 3.63) is 74.3 Å². The Morgan fingerprint density at radius 2 is 1.72 bits per heavy atom. The third kappa shape index (κ3) is 4.78. The molecule has 1 amide bonds. The van der Waals surface area contributed by atoms with E-state index in [-0.39, 0.29) is 10.8 Å². The van der Waals surface area contributed by atoms with Crippen molar-refractivity contribution in [2.45, 2.75) is 13.1 Å². The van der Waals surface area contributed by atoms with Crippen molar-refractivity contribution in [3.8, 4) is 17.2 Å². The van der Waals surface area contributed by atoms with E-state index in [1.165, 1.54) is 4.57 Å². The molecule has 0 spiro atoms. The lowest BCUT2D eigenvalue weighted by Crippen LogP contribution is -2.22. The molecule has 0 aliphatic heterocycles. The maximum Gasteiger partial charge on any atom is 0.308 e. The van der Waals surface area contributed by atoms with Crippen LogP contribution in [0.4, 0.5) is 0 Å². The molecule has 0 aliphatic carbocycles. The molecule has 3 aromatic rings. The molecule has 0 saturated heterocycles. The molecule has 0 bridgehead atoms. The molecule has 0 radical (unpaired) electrons. The number of nitrogens with zero attached hydrogens (tertiary/aromatic N) is 1. The van der Waals surface area contributed by atoms with Crippen LogP contribution in [0.3, 0.4) is 0 Å². The van der Waals surface area contributed by atoms with Gasteiger partial charge >= 0.3 is 4.87 Å². The first-order valence-electron chi connectivity index (χ1n) is 8.87. The number of aromatic nitrogens is 1. The number of hydrogen-bond acceptors (Lipinski definition) is 6. The van der Waals surface area contributed by atoms with E-state index >= 15 is 0 Å². The smallest absolute Gasteiger partial charge is 0.308 e. The zero-order chi connectivity index (χ0) is 20.8. The highest BCUT2D eigenvalue weighted by Gasteiger charge is 2.14. The van der Waals surface area contributed by atoms with E-state index in [0.29, 0.717) is 35.2 Å². The Balaban J connectivity index is 1.69. The number of nitrogens with one attached hydrogen (secondary N) is 1. The largest absolute Gasteiger partial charge is 0.496 e. The van der Waals surface area contributed by atoms with E-state index in [2.05, 4.69) is 5.32 Å². The number of ether oxygens (including phenoxy) is 3. The van der Waals surface area contributed by atoms with Crippen LogP contribution in [0, 0.1) is 0 Å². The fraction of sp³-hybridized carbons (Fsp3) is 0.238. The molecule has 3 rings (SSSR count). The van der Waals surface area contributed by atoms with E-state index < -0.39 is 0 Å². The second-order valence-electron chi connectivity index (χ2n) is 6.17. The summed E-state index contributed by atoms with van der Waals surface area (Å²) in [5, 5.41) is 2.83. The Morgan fingerprint density at radius 3 is 2.45 bits per heavy atom. The standard InChI is InChI=1S/C21H22N2O5S/c1-26-16-7-5-4-6-15(16)12-23-13-19(29-21(23)25)20(24)22-11-14-8-9-17(27-2)18(10-14)28-3/h4-10,13H,11-12H2,1-3H3,(H,22,24). The Labute approximate surface area is 172 Å². The summed E-state index contributed by atoms with van der Waals surface area (Å²) in [6.45, 7) is 0.639. The first-order valence-corrected chi connectivity index (χ1v) is 9.68. The molecule has 0 fully saturated rings. The summed E-state index contributed by atoms with van der Waals surface area (Å²) in [7, 11) is 4.71. The van der Waals surface area contributed by atoms with Crippen molar-refractivity contribution in [2.24, 2.45) is 0 Å². The Hall–Kier alpha value is -3.26. The van der Waals surface area contributed by atoms with E-state index in [1.807, 2.05) is 30.3 Å². The number of thiazole rings is 1. The molecule has 0 unspecified atom stereocenters. The number of carbonyl (C=O) groups is 1. The minimum atomic E-state index is -0.305. The van der Waals surface area contributed by atoms with Gasteiger partial charge in [0, 0.05) is 18.3 Å². The highest BCUT2D eigenvalue weighted by atomic mass is 32.1. The highest BCUT2D eigenvalue weighted by molar-refractivity contribution is 7.11. The van der Waals surface area contributed by atoms with Gasteiger partial charge in [0.2, 0.25) is 0 Å². The highest BCUT2D eigenvalue weighted by Crippen LogP contribution is 2.27. The van der Waals surface area contributed by atoms with Gasteiger partial charge < -0.3 is 24.1 Å². The van der Waals surface area contributed by atoms with Gasteiger partial charge in [0.15, 0.2) is 11.5 Å². The van der Waals surface area contributed by atoms with Gasteiger partial charge in [0.1, 0.15) is 10.6 Å². The molecule has 152 valence electrons. The minimum absolute atomic E-state index is 0.202. The van der Waals surface area contributed by atoms with Crippen LogP contribution in [0.2, 0.25) is 0 Å². The quantitative estimate of drug-likeness (QED) is 0.613. The van der Waals surface area contributed by atoms with Gasteiger partial charge in [-0.1, -0.05) is 35.6 Å². The number of amides is 1. The number of carbonyl (C=O) groups excluding carboxylic acids is 1. The minimum Gasteiger partial charge on any atom is -0.496 e. The number of hydrogen-bond donors (Lipinski definition) is 1. The molecule has 2 aromatic carbocycles. The molecule has 0 aliphatic rings. The maximum absolute atomic E-state index is 12.5. The van der Waals surface area contributed by atoms with Crippen LogP contribution in [0.15, 0.2) is 53.5 Å². The number of methoxy groups -OCH3 is 3. The van der Waals surface area contributed by atoms with Crippen molar-refractivity contribution >= 4 is 17.2 Å². The summed E-state index contributed by atoms with van der Waals surface area (Å²) in [5.74, 6) is 1.60. The van der Waals surface area contributed by atoms with Crippen molar-refractivity contribution in [1.82, 2.24) is 9.88 Å². The molecule has 0 atom stereocenters. The predicted octanol–water partition coefficient (Wildman–Crippen LogP) is 2.91. The average Bonchev–Trinajstić information content (AvgIpc) is 3.12. The first kappa shape index (κ1) is 20.5. The topological polar surface area (TPSA) is 78.8 Å². The summed E-state index contributed by atoms with van der Waals surface area (Å²) in [4.78, 5) is 25.0. The van der Waals surface area contributed by atoms with Gasteiger partial charge in [-0.2, -0.15) is 0 Å². The summed E-state index contributed by atoms with van der Waals surface area (Å²) < 4.78 is 17.3. The van der Waals surface area contributed by atoms with Crippen LogP contribution in [-0.4, -0.2) is 31.8 Å². The molecular formula is C21H22N2O5S. The molecule has 0 saturated carbocycles. The summed E-state index contributed by atoms with van der Waals surface area (Å²) >= 11 is 0.914. The molecule has 29 heavy (non-hydrogen) atoms. The van der Waals surface area contributed by atoms with Crippen LogP contribution in [0.1, 0.15) is 20.8 Å². The first-order chi connectivity index (χ1) is 14.0. The van der Waals surface area contributed by atoms with Crippen molar-refractivity contribution in [1.29, 1.82) is 0 Å². The maximum atomic E-state index is 12.5. The van der Waals surface area contributed by atoms with Gasteiger partial charge in [-0.05, 0) is 23.8 Å². The Bertz CT molecular complexity index is 1060. The molecular weight excluding hydrogens is 392 g/mol. The Kier molecular flexibility index (Phi) is 6.56. The van der Waals surface area contributed by atoms with E-state index in [0.717, 1.165) is 22.5 Å². The normalized spacial score (nSPS) is 10.4. The van der Waals surface area contributed by atoms with Gasteiger partial charge in [-0.15, -0.1) is 0 Å². The van der Waals surface area contributed by atoms with Crippen LogP contribution >= 0.6 is 11.3 Å². The summed E-state index contributed by atoms with van der Waals surface area (Å²) in [6, 6.07) is 12.9. The lowest BCUT2D eigenvalue weighted by molar-refractivity contribution is 0.0954. The van der Waals surface area contributed by atoms with Crippen molar-refractivity contribution in [2.75, 3.05) is 21.3 Å². The average molecular weight is 414 g/mol. The third-order valence-corrected chi connectivity index (χ3v) is 5.28. The van der Waals surface area contributed by atoms with Gasteiger partial charge in [-0.3, -0.25) is 9.59 Å². The zero-order valence-corrected chi connectivity index (χ0v) is 17.2. The predicted molar refractivity (Wildman–Crippen MR) is 111 cm³/mol. The number of benzene rings is 2. The lowest BCUT2D eigenvalue weighted by Gasteiger charge is -2.10. The van der Waals surface area contributed by atoms with Crippen molar-refractivity contribution < 1.29 is 19.0 Å². The molecule has 7 nitrogen and oxygen atoms in total. The van der Waals surface area contributed by atoms with E-state index in [4.69, 9.17) is 14.2 Å². The van der Waals surface area contributed by atoms with Gasteiger partial charge in [0.25, 0.3) is 5.91 Å². The number of para-hydroxylation sites is 1. The van der Waals surface area contributed by atoms with Crippen LogP contribution in [0.5, 0.6) is 17.2 Å². The van der Waals surface area contributed by atoms with Gasteiger partial charge in [-0.25, -0.2) is 0 Å². The third-order valence-electron chi connectivity index (χ3n) is 4.36. The lowest BCUT2D eigenvalue weighted by atomic mass is 10.2. The van der Waals surface area contributed by atoms with Crippen LogP contribution in [0.25, 0.3) is 0 Å². The molecule has 1 N–H and O–H groups in total.